The molecule has 3 rings (SSSR count). The van der Waals surface area contributed by atoms with Crippen LogP contribution in [0.25, 0.3) is 10.8 Å². The summed E-state index contributed by atoms with van der Waals surface area (Å²) in [5.41, 5.74) is 0.837. The van der Waals surface area contributed by atoms with Crippen LogP contribution < -0.4 is 10.0 Å². The van der Waals surface area contributed by atoms with E-state index in [-0.39, 0.29) is 11.9 Å². The molecule has 0 spiro atoms. The molecule has 6 nitrogen and oxygen atoms in total. The zero-order valence-electron chi connectivity index (χ0n) is 14.9. The normalized spacial score (nSPS) is 16.7. The summed E-state index contributed by atoms with van der Waals surface area (Å²) < 4.78 is 25.2. The van der Waals surface area contributed by atoms with Crippen LogP contribution in [-0.4, -0.2) is 51.2 Å². The van der Waals surface area contributed by atoms with Gasteiger partial charge in [-0.15, -0.1) is 0 Å². The van der Waals surface area contributed by atoms with Gasteiger partial charge in [-0.1, -0.05) is 36.4 Å². The number of likely N-dealkylation sites (tertiary alicyclic amines) is 1. The third-order valence-electron chi connectivity index (χ3n) is 4.69. The maximum atomic E-state index is 12.3. The minimum atomic E-state index is -3.15. The summed E-state index contributed by atoms with van der Waals surface area (Å²) in [6, 6.07) is 13.9. The fraction of sp³-hybridized carbons (Fsp3) is 0.421. The van der Waals surface area contributed by atoms with Gasteiger partial charge in [0.25, 0.3) is 0 Å². The average Bonchev–Trinajstić information content (AvgIpc) is 2.60. The van der Waals surface area contributed by atoms with Crippen LogP contribution in [0, 0.1) is 0 Å². The lowest BCUT2D eigenvalue weighted by atomic mass is 10.1. The zero-order chi connectivity index (χ0) is 18.6. The van der Waals surface area contributed by atoms with Gasteiger partial charge in [0.2, 0.25) is 15.9 Å². The number of fused-ring (bicyclic) bond motifs is 1. The van der Waals surface area contributed by atoms with Gasteiger partial charge >= 0.3 is 0 Å². The van der Waals surface area contributed by atoms with Crippen molar-refractivity contribution in [3.63, 3.8) is 0 Å². The molecule has 2 aromatic rings. The summed E-state index contributed by atoms with van der Waals surface area (Å²) in [6.07, 6.45) is 3.17. The molecule has 1 heterocycles. The molecule has 0 saturated carbocycles. The van der Waals surface area contributed by atoms with E-state index in [1.807, 2.05) is 42.5 Å². The van der Waals surface area contributed by atoms with Crippen LogP contribution >= 0.6 is 0 Å². The zero-order valence-corrected chi connectivity index (χ0v) is 15.8. The molecule has 1 aliphatic rings. The molecule has 1 fully saturated rings. The van der Waals surface area contributed by atoms with Crippen LogP contribution in [0.1, 0.15) is 19.3 Å². The fourth-order valence-corrected chi connectivity index (χ4v) is 4.23. The lowest BCUT2D eigenvalue weighted by Gasteiger charge is -2.31. The molecule has 1 amide bonds. The van der Waals surface area contributed by atoms with Gasteiger partial charge in [0.05, 0.1) is 6.26 Å². The second-order valence-corrected chi connectivity index (χ2v) is 8.61. The predicted molar refractivity (Wildman–Crippen MR) is 105 cm³/mol. The summed E-state index contributed by atoms with van der Waals surface area (Å²) >= 11 is 0. The Morgan fingerprint density at radius 3 is 2.54 bits per heavy atom. The third kappa shape index (κ3) is 5.27. The highest BCUT2D eigenvalue weighted by Gasteiger charge is 2.21. The number of nitrogens with zero attached hydrogens (tertiary/aromatic N) is 1. The lowest BCUT2D eigenvalue weighted by molar-refractivity contribution is -0.116. The molecule has 7 heteroatoms. The monoisotopic (exact) mass is 375 g/mol. The smallest absolute Gasteiger partial charge is 0.225 e. The molecule has 0 aromatic heterocycles. The molecule has 0 bridgehead atoms. The number of carbonyl (C=O) groups excluding carboxylic acids is 1. The maximum absolute atomic E-state index is 12.3. The maximum Gasteiger partial charge on any atom is 0.225 e. The van der Waals surface area contributed by atoms with Crippen LogP contribution in [0.4, 0.5) is 5.69 Å². The molecule has 26 heavy (non-hydrogen) atoms. The van der Waals surface area contributed by atoms with Crippen molar-refractivity contribution >= 4 is 32.4 Å². The van der Waals surface area contributed by atoms with Crippen LogP contribution in [0.2, 0.25) is 0 Å². The van der Waals surface area contributed by atoms with Crippen LogP contribution in [0.15, 0.2) is 42.5 Å². The van der Waals surface area contributed by atoms with Crippen molar-refractivity contribution in [2.45, 2.75) is 25.3 Å². The van der Waals surface area contributed by atoms with Crippen molar-refractivity contribution in [3.05, 3.63) is 42.5 Å². The minimum absolute atomic E-state index is 0.00209. The fourth-order valence-electron chi connectivity index (χ4n) is 3.38. The van der Waals surface area contributed by atoms with Gasteiger partial charge < -0.3 is 10.2 Å². The summed E-state index contributed by atoms with van der Waals surface area (Å²) in [4.78, 5) is 14.5. The average molecular weight is 375 g/mol. The SMILES string of the molecule is CS(=O)(=O)NC1CCN(CCC(=O)Nc2cccc3ccccc23)CC1. The summed E-state index contributed by atoms with van der Waals surface area (Å²) in [7, 11) is -3.15. The van der Waals surface area contributed by atoms with E-state index < -0.39 is 10.0 Å². The Kier molecular flexibility index (Phi) is 5.90. The Hall–Kier alpha value is -1.96. The Bertz CT molecular complexity index is 869. The van der Waals surface area contributed by atoms with E-state index in [2.05, 4.69) is 14.9 Å². The van der Waals surface area contributed by atoms with Crippen molar-refractivity contribution in [1.29, 1.82) is 0 Å². The standard InChI is InChI=1S/C19H25N3O3S/c1-26(24,25)21-16-9-12-22(13-10-16)14-11-19(23)20-18-8-4-6-15-5-2-3-7-17(15)18/h2-8,16,21H,9-14H2,1H3,(H,20,23). The first-order valence-electron chi connectivity index (χ1n) is 8.88. The van der Waals surface area contributed by atoms with Crippen molar-refractivity contribution in [1.82, 2.24) is 9.62 Å². The number of piperidine rings is 1. The summed E-state index contributed by atoms with van der Waals surface area (Å²) in [6.45, 7) is 2.28. The molecule has 0 radical (unpaired) electrons. The molecule has 0 aliphatic carbocycles. The summed E-state index contributed by atoms with van der Waals surface area (Å²) in [5.74, 6) is -0.00209. The van der Waals surface area contributed by atoms with E-state index in [1.165, 1.54) is 6.26 Å². The number of benzene rings is 2. The third-order valence-corrected chi connectivity index (χ3v) is 5.45. The molecule has 2 aromatic carbocycles. The second-order valence-electron chi connectivity index (χ2n) is 6.83. The van der Waals surface area contributed by atoms with Crippen molar-refractivity contribution < 1.29 is 13.2 Å². The van der Waals surface area contributed by atoms with Gasteiger partial charge in [0.1, 0.15) is 0 Å². The Balaban J connectivity index is 1.48. The van der Waals surface area contributed by atoms with E-state index in [9.17, 15) is 13.2 Å². The van der Waals surface area contributed by atoms with Gasteiger partial charge in [-0.3, -0.25) is 4.79 Å². The molecule has 0 unspecified atom stereocenters. The number of carbonyl (C=O) groups is 1. The molecule has 140 valence electrons. The quantitative estimate of drug-likeness (QED) is 0.811. The highest BCUT2D eigenvalue weighted by molar-refractivity contribution is 7.88. The van der Waals surface area contributed by atoms with Gasteiger partial charge in [0, 0.05) is 30.1 Å². The van der Waals surface area contributed by atoms with E-state index in [0.717, 1.165) is 42.4 Å². The number of hydrogen-bond acceptors (Lipinski definition) is 4. The van der Waals surface area contributed by atoms with Crippen LogP contribution in [-0.2, 0) is 14.8 Å². The van der Waals surface area contributed by atoms with Gasteiger partial charge in [-0.25, -0.2) is 13.1 Å². The molecular weight excluding hydrogens is 350 g/mol. The number of anilines is 1. The topological polar surface area (TPSA) is 78.5 Å². The first kappa shape index (κ1) is 18.8. The van der Waals surface area contributed by atoms with E-state index >= 15 is 0 Å². The highest BCUT2D eigenvalue weighted by atomic mass is 32.2. The highest BCUT2D eigenvalue weighted by Crippen LogP contribution is 2.23. The van der Waals surface area contributed by atoms with Crippen molar-refractivity contribution in [3.8, 4) is 0 Å². The van der Waals surface area contributed by atoms with Crippen LogP contribution in [0.3, 0.4) is 0 Å². The summed E-state index contributed by atoms with van der Waals surface area (Å²) in [5, 5.41) is 5.15. The van der Waals surface area contributed by atoms with Crippen molar-refractivity contribution in [2.24, 2.45) is 0 Å². The number of sulfonamides is 1. The number of amides is 1. The molecular formula is C19H25N3O3S. The van der Waals surface area contributed by atoms with Gasteiger partial charge in [0.15, 0.2) is 0 Å². The first-order chi connectivity index (χ1) is 12.4. The largest absolute Gasteiger partial charge is 0.325 e. The van der Waals surface area contributed by atoms with E-state index in [1.54, 1.807) is 0 Å². The van der Waals surface area contributed by atoms with E-state index in [4.69, 9.17) is 0 Å². The number of hydrogen-bond donors (Lipinski definition) is 2. The van der Waals surface area contributed by atoms with Crippen LogP contribution in [0.5, 0.6) is 0 Å². The number of rotatable bonds is 6. The molecule has 0 atom stereocenters. The Morgan fingerprint density at radius 2 is 1.81 bits per heavy atom. The molecule has 1 aliphatic heterocycles. The second kappa shape index (κ2) is 8.16. The van der Waals surface area contributed by atoms with Gasteiger partial charge in [-0.2, -0.15) is 0 Å². The number of nitrogens with one attached hydrogen (secondary N) is 2. The van der Waals surface area contributed by atoms with E-state index in [0.29, 0.717) is 13.0 Å². The lowest BCUT2D eigenvalue weighted by Crippen LogP contribution is -2.44. The minimum Gasteiger partial charge on any atom is -0.325 e. The predicted octanol–water partition coefficient (Wildman–Crippen LogP) is 2.18. The van der Waals surface area contributed by atoms with Crippen molar-refractivity contribution in [2.75, 3.05) is 31.2 Å². The first-order valence-corrected chi connectivity index (χ1v) is 10.8. The van der Waals surface area contributed by atoms with Gasteiger partial charge in [-0.05, 0) is 37.4 Å². The molecule has 1 saturated heterocycles. The Morgan fingerprint density at radius 1 is 1.12 bits per heavy atom. The molecule has 2 N–H and O–H groups in total. The Labute approximate surface area is 154 Å².